The van der Waals surface area contributed by atoms with E-state index in [-0.39, 0.29) is 17.5 Å². The van der Waals surface area contributed by atoms with E-state index in [1.807, 2.05) is 26.0 Å². The zero-order valence-corrected chi connectivity index (χ0v) is 15.0. The molecule has 1 aliphatic heterocycles. The van der Waals surface area contributed by atoms with E-state index in [0.29, 0.717) is 19.7 Å². The molecular weight excluding hydrogens is 339 g/mol. The van der Waals surface area contributed by atoms with Gasteiger partial charge < -0.3 is 14.4 Å². The largest absolute Gasteiger partial charge is 0.497 e. The van der Waals surface area contributed by atoms with Crippen LogP contribution in [0, 0.1) is 29.8 Å². The van der Waals surface area contributed by atoms with Gasteiger partial charge in [-0.1, -0.05) is 23.8 Å². The van der Waals surface area contributed by atoms with Gasteiger partial charge in [-0.25, -0.2) is 0 Å². The molecule has 0 bridgehead atoms. The number of nitro groups is 1. The smallest absolute Gasteiger partial charge is 0.328 e. The van der Waals surface area contributed by atoms with Crippen molar-refractivity contribution in [1.82, 2.24) is 0 Å². The highest BCUT2D eigenvalue weighted by atomic mass is 19.1. The summed E-state index contributed by atoms with van der Waals surface area (Å²) in [6.45, 7) is 5.27. The van der Waals surface area contributed by atoms with E-state index in [1.54, 1.807) is 4.90 Å². The second-order valence-electron chi connectivity index (χ2n) is 6.40. The molecule has 1 unspecified atom stereocenters. The molecule has 0 radical (unpaired) electrons. The van der Waals surface area contributed by atoms with Gasteiger partial charge >= 0.3 is 5.69 Å². The van der Waals surface area contributed by atoms with Crippen molar-refractivity contribution in [1.29, 1.82) is 0 Å². The van der Waals surface area contributed by atoms with Gasteiger partial charge in [-0.15, -0.1) is 0 Å². The van der Waals surface area contributed by atoms with Crippen LogP contribution in [0.4, 0.5) is 15.8 Å². The maximum atomic E-state index is 14.3. The lowest BCUT2D eigenvalue weighted by Crippen LogP contribution is -2.39. The molecule has 3 rings (SSSR count). The van der Waals surface area contributed by atoms with E-state index < -0.39 is 16.4 Å². The fourth-order valence-electron chi connectivity index (χ4n) is 3.34. The van der Waals surface area contributed by atoms with Crippen molar-refractivity contribution < 1.29 is 18.8 Å². The Labute approximate surface area is 151 Å². The summed E-state index contributed by atoms with van der Waals surface area (Å²) in [5.74, 6) is -0.656. The second-order valence-corrected chi connectivity index (χ2v) is 6.40. The first-order chi connectivity index (χ1) is 12.4. The number of nitrogens with zero attached hydrogens (tertiary/aromatic N) is 2. The van der Waals surface area contributed by atoms with Gasteiger partial charge in [-0.2, -0.15) is 4.39 Å². The minimum absolute atomic E-state index is 0.213. The highest BCUT2D eigenvalue weighted by Gasteiger charge is 2.31. The Hall–Kier alpha value is -2.67. The fourth-order valence-corrected chi connectivity index (χ4v) is 3.34. The van der Waals surface area contributed by atoms with Crippen molar-refractivity contribution in [2.45, 2.75) is 20.0 Å². The normalized spacial score (nSPS) is 17.2. The average Bonchev–Trinajstić information content (AvgIpc) is 2.60. The number of rotatable bonds is 4. The Morgan fingerprint density at radius 1 is 1.31 bits per heavy atom. The number of halogens is 1. The van der Waals surface area contributed by atoms with Gasteiger partial charge in [0.05, 0.1) is 18.6 Å². The number of ether oxygens (including phenoxy) is 2. The third-order valence-electron chi connectivity index (χ3n) is 4.61. The zero-order valence-electron chi connectivity index (χ0n) is 15.0. The highest BCUT2D eigenvalue weighted by molar-refractivity contribution is 5.67. The lowest BCUT2D eigenvalue weighted by atomic mass is 9.99. The van der Waals surface area contributed by atoms with E-state index in [2.05, 4.69) is 6.07 Å². The topological polar surface area (TPSA) is 64.8 Å². The van der Waals surface area contributed by atoms with E-state index in [4.69, 9.17) is 9.47 Å². The van der Waals surface area contributed by atoms with E-state index >= 15 is 0 Å². The summed E-state index contributed by atoms with van der Waals surface area (Å²) in [6, 6.07) is 8.64. The molecule has 138 valence electrons. The Balaban J connectivity index is 1.97. The van der Waals surface area contributed by atoms with Crippen LogP contribution in [0.25, 0.3) is 0 Å². The minimum atomic E-state index is -0.904. The van der Waals surface area contributed by atoms with Crippen LogP contribution in [-0.4, -0.2) is 31.7 Å². The summed E-state index contributed by atoms with van der Waals surface area (Å²) < 4.78 is 25.2. The summed E-state index contributed by atoms with van der Waals surface area (Å²) >= 11 is 0. The van der Waals surface area contributed by atoms with Gasteiger partial charge in [-0.3, -0.25) is 10.1 Å². The fraction of sp³-hybridized carbons (Fsp3) is 0.368. The molecular formula is C19H21FN2O4. The molecule has 1 aliphatic rings. The van der Waals surface area contributed by atoms with Crippen molar-refractivity contribution in [2.75, 3.05) is 31.7 Å². The first-order valence-corrected chi connectivity index (χ1v) is 8.36. The molecule has 7 heteroatoms. The van der Waals surface area contributed by atoms with Gasteiger partial charge in [-0.05, 0) is 25.0 Å². The molecule has 0 spiro atoms. The quantitative estimate of drug-likeness (QED) is 0.610. The SMILES string of the molecule is COc1cc(F)c([N+](=O)[O-])c(N2CCOC(c3ccc(C)cc3C)C2)c1. The number of aryl methyl sites for hydroxylation is 2. The second kappa shape index (κ2) is 7.29. The summed E-state index contributed by atoms with van der Waals surface area (Å²) in [5.41, 5.74) is 2.97. The molecule has 2 aromatic rings. The Kier molecular flexibility index (Phi) is 5.08. The standard InChI is InChI=1S/C19H21FN2O4/c1-12-4-5-15(13(2)8-12)18-11-21(6-7-26-18)17-10-14(25-3)9-16(20)19(17)22(23)24/h4-5,8-10,18H,6-7,11H2,1-3H3. The monoisotopic (exact) mass is 360 g/mol. The van der Waals surface area contributed by atoms with Crippen molar-refractivity contribution in [3.8, 4) is 5.75 Å². The van der Waals surface area contributed by atoms with Crippen LogP contribution in [0.3, 0.4) is 0 Å². The number of benzene rings is 2. The van der Waals surface area contributed by atoms with E-state index in [1.165, 1.54) is 13.2 Å². The molecule has 1 heterocycles. The predicted octanol–water partition coefficient (Wildman–Crippen LogP) is 3.94. The molecule has 1 fully saturated rings. The van der Waals surface area contributed by atoms with Crippen LogP contribution in [0.5, 0.6) is 5.75 Å². The maximum absolute atomic E-state index is 14.3. The number of hydrogen-bond acceptors (Lipinski definition) is 5. The highest BCUT2D eigenvalue weighted by Crippen LogP contribution is 2.37. The van der Waals surface area contributed by atoms with Crippen molar-refractivity contribution in [3.63, 3.8) is 0 Å². The molecule has 26 heavy (non-hydrogen) atoms. The van der Waals surface area contributed by atoms with Crippen LogP contribution < -0.4 is 9.64 Å². The lowest BCUT2D eigenvalue weighted by molar-refractivity contribution is -0.386. The Morgan fingerprint density at radius 3 is 2.73 bits per heavy atom. The molecule has 0 amide bonds. The Morgan fingerprint density at radius 2 is 2.08 bits per heavy atom. The van der Waals surface area contributed by atoms with Crippen LogP contribution in [0.1, 0.15) is 22.8 Å². The van der Waals surface area contributed by atoms with E-state index in [0.717, 1.165) is 22.8 Å². The molecule has 6 nitrogen and oxygen atoms in total. The molecule has 0 aliphatic carbocycles. The first-order valence-electron chi connectivity index (χ1n) is 8.36. The van der Waals surface area contributed by atoms with Gasteiger partial charge in [0.2, 0.25) is 5.82 Å². The van der Waals surface area contributed by atoms with Crippen LogP contribution in [-0.2, 0) is 4.74 Å². The summed E-state index contributed by atoms with van der Waals surface area (Å²) in [5, 5.41) is 11.4. The third-order valence-corrected chi connectivity index (χ3v) is 4.61. The minimum Gasteiger partial charge on any atom is -0.497 e. The predicted molar refractivity (Wildman–Crippen MR) is 96.4 cm³/mol. The molecule has 1 saturated heterocycles. The first kappa shape index (κ1) is 18.1. The number of methoxy groups -OCH3 is 1. The van der Waals surface area contributed by atoms with Gasteiger partial charge in [0, 0.05) is 25.2 Å². The van der Waals surface area contributed by atoms with Crippen LogP contribution in [0.15, 0.2) is 30.3 Å². The molecule has 1 atom stereocenters. The molecule has 2 aromatic carbocycles. The van der Waals surface area contributed by atoms with Crippen LogP contribution in [0.2, 0.25) is 0 Å². The number of morpholine rings is 1. The van der Waals surface area contributed by atoms with Gasteiger partial charge in [0.25, 0.3) is 0 Å². The summed E-state index contributed by atoms with van der Waals surface area (Å²) in [7, 11) is 1.40. The number of nitro benzene ring substituents is 1. The van der Waals surface area contributed by atoms with Crippen molar-refractivity contribution in [3.05, 3.63) is 63.0 Å². The lowest BCUT2D eigenvalue weighted by Gasteiger charge is -2.35. The number of anilines is 1. The Bertz CT molecular complexity index is 841. The summed E-state index contributed by atoms with van der Waals surface area (Å²) in [4.78, 5) is 12.5. The summed E-state index contributed by atoms with van der Waals surface area (Å²) in [6.07, 6.45) is -0.238. The van der Waals surface area contributed by atoms with Crippen molar-refractivity contribution >= 4 is 11.4 Å². The number of hydrogen-bond donors (Lipinski definition) is 0. The van der Waals surface area contributed by atoms with Gasteiger partial charge in [0.1, 0.15) is 17.5 Å². The average molecular weight is 360 g/mol. The third kappa shape index (κ3) is 3.48. The van der Waals surface area contributed by atoms with Crippen LogP contribution >= 0.6 is 0 Å². The van der Waals surface area contributed by atoms with Gasteiger partial charge in [0.15, 0.2) is 0 Å². The molecule has 0 aromatic heterocycles. The molecule has 0 N–H and O–H groups in total. The zero-order chi connectivity index (χ0) is 18.8. The maximum Gasteiger partial charge on any atom is 0.328 e. The van der Waals surface area contributed by atoms with Crippen molar-refractivity contribution in [2.24, 2.45) is 0 Å². The van der Waals surface area contributed by atoms with E-state index in [9.17, 15) is 14.5 Å². The molecule has 0 saturated carbocycles.